The highest BCUT2D eigenvalue weighted by Crippen LogP contribution is 2.50. The van der Waals surface area contributed by atoms with Crippen molar-refractivity contribution in [1.82, 2.24) is 0 Å². The molecule has 34 heavy (non-hydrogen) atoms. The summed E-state index contributed by atoms with van der Waals surface area (Å²) in [5.41, 5.74) is 5.48. The second-order valence-electron chi connectivity index (χ2n) is 9.80. The molecule has 0 spiro atoms. The van der Waals surface area contributed by atoms with E-state index in [2.05, 4.69) is 96.4 Å². The summed E-state index contributed by atoms with van der Waals surface area (Å²) in [6.07, 6.45) is 10.2. The molecule has 0 unspecified atom stereocenters. The van der Waals surface area contributed by atoms with Gasteiger partial charge in [-0.2, -0.15) is 0 Å². The average molecular weight is 451 g/mol. The van der Waals surface area contributed by atoms with E-state index in [1.165, 1.54) is 95.7 Å². The maximum Gasteiger partial charge on any atom is 0.0659 e. The van der Waals surface area contributed by atoms with Gasteiger partial charge >= 0.3 is 0 Å². The molecule has 0 fully saturated rings. The van der Waals surface area contributed by atoms with Crippen LogP contribution in [0.2, 0.25) is 0 Å². The quantitative estimate of drug-likeness (QED) is 0.222. The third-order valence-corrected chi connectivity index (χ3v) is 7.32. The number of nitrogens with zero attached hydrogens (tertiary/aromatic N) is 2. The Labute approximate surface area is 205 Å². The summed E-state index contributed by atoms with van der Waals surface area (Å²) in [6, 6.07) is 27.4. The summed E-state index contributed by atoms with van der Waals surface area (Å²) in [5.74, 6) is 0. The molecule has 0 saturated carbocycles. The van der Waals surface area contributed by atoms with Crippen molar-refractivity contribution in [2.45, 2.75) is 65.2 Å². The summed E-state index contributed by atoms with van der Waals surface area (Å²) in [7, 11) is 0. The fourth-order valence-corrected chi connectivity index (χ4v) is 5.43. The molecule has 0 saturated heterocycles. The second-order valence-corrected chi connectivity index (χ2v) is 9.80. The first-order valence-electron chi connectivity index (χ1n) is 13.4. The van der Waals surface area contributed by atoms with Gasteiger partial charge in [0.1, 0.15) is 0 Å². The monoisotopic (exact) mass is 450 g/mol. The van der Waals surface area contributed by atoms with Crippen molar-refractivity contribution in [3.05, 3.63) is 72.8 Å². The molecule has 5 rings (SSSR count). The zero-order valence-corrected chi connectivity index (χ0v) is 20.9. The van der Waals surface area contributed by atoms with Crippen molar-refractivity contribution < 1.29 is 0 Å². The first kappa shape index (κ1) is 22.8. The maximum absolute atomic E-state index is 2.61. The van der Waals surface area contributed by atoms with E-state index in [0.717, 1.165) is 13.1 Å². The first-order valence-corrected chi connectivity index (χ1v) is 13.4. The van der Waals surface area contributed by atoms with Crippen molar-refractivity contribution in [3.63, 3.8) is 0 Å². The zero-order valence-electron chi connectivity index (χ0n) is 20.9. The Hall–Kier alpha value is -3.00. The minimum atomic E-state index is 1.07. The lowest BCUT2D eigenvalue weighted by atomic mass is 9.99. The van der Waals surface area contributed by atoms with Crippen LogP contribution in [0, 0.1) is 0 Å². The van der Waals surface area contributed by atoms with Crippen LogP contribution in [0.3, 0.4) is 0 Å². The van der Waals surface area contributed by atoms with Crippen molar-refractivity contribution in [2.24, 2.45) is 0 Å². The Kier molecular flexibility index (Phi) is 7.04. The van der Waals surface area contributed by atoms with Crippen LogP contribution in [0.15, 0.2) is 72.8 Å². The molecule has 2 nitrogen and oxygen atoms in total. The normalized spacial score (nSPS) is 12.9. The van der Waals surface area contributed by atoms with E-state index in [4.69, 9.17) is 0 Å². The van der Waals surface area contributed by atoms with Gasteiger partial charge in [0, 0.05) is 13.1 Å². The third-order valence-electron chi connectivity index (χ3n) is 7.32. The van der Waals surface area contributed by atoms with E-state index < -0.39 is 0 Å². The molecule has 0 aliphatic carbocycles. The summed E-state index contributed by atoms with van der Waals surface area (Å²) >= 11 is 0. The van der Waals surface area contributed by atoms with E-state index in [0.29, 0.717) is 0 Å². The van der Waals surface area contributed by atoms with Crippen LogP contribution in [0.5, 0.6) is 0 Å². The zero-order chi connectivity index (χ0) is 23.3. The summed E-state index contributed by atoms with van der Waals surface area (Å²) in [6.45, 7) is 6.72. The molecule has 1 aliphatic rings. The molecular formula is C32H38N2. The number of hydrogen-bond donors (Lipinski definition) is 0. The molecule has 0 amide bonds. The van der Waals surface area contributed by atoms with Gasteiger partial charge in [-0.1, -0.05) is 101 Å². The lowest BCUT2D eigenvalue weighted by molar-refractivity contribution is 0.659. The minimum Gasteiger partial charge on any atom is -0.338 e. The molecule has 0 aromatic heterocycles. The van der Waals surface area contributed by atoms with Crippen LogP contribution in [0.1, 0.15) is 65.2 Å². The van der Waals surface area contributed by atoms with Gasteiger partial charge in [-0.25, -0.2) is 0 Å². The highest BCUT2D eigenvalue weighted by molar-refractivity contribution is 6.04. The van der Waals surface area contributed by atoms with E-state index >= 15 is 0 Å². The van der Waals surface area contributed by atoms with Crippen LogP contribution >= 0.6 is 0 Å². The molecule has 4 aromatic rings. The fourth-order valence-electron chi connectivity index (χ4n) is 5.43. The predicted molar refractivity (Wildman–Crippen MR) is 150 cm³/mol. The summed E-state index contributed by atoms with van der Waals surface area (Å²) in [5, 5.41) is 5.31. The molecule has 4 aromatic carbocycles. The molecule has 1 heterocycles. The van der Waals surface area contributed by atoms with E-state index in [9.17, 15) is 0 Å². The Bertz CT molecular complexity index is 1070. The Morgan fingerprint density at radius 2 is 0.765 bits per heavy atom. The van der Waals surface area contributed by atoms with Gasteiger partial charge in [-0.15, -0.1) is 0 Å². The number of hydrogen-bond acceptors (Lipinski definition) is 2. The van der Waals surface area contributed by atoms with Gasteiger partial charge in [0.2, 0.25) is 0 Å². The predicted octanol–water partition coefficient (Wildman–Crippen LogP) is 9.74. The topological polar surface area (TPSA) is 6.48 Å². The molecule has 2 heteroatoms. The number of benzene rings is 4. The molecule has 176 valence electrons. The van der Waals surface area contributed by atoms with E-state index in [1.807, 2.05) is 0 Å². The summed E-state index contributed by atoms with van der Waals surface area (Å²) < 4.78 is 0. The number of fused-ring (bicyclic) bond motifs is 4. The van der Waals surface area contributed by atoms with Gasteiger partial charge in [0.15, 0.2) is 0 Å². The van der Waals surface area contributed by atoms with Crippen molar-refractivity contribution in [3.8, 4) is 0 Å². The van der Waals surface area contributed by atoms with Crippen LogP contribution in [0.4, 0.5) is 22.7 Å². The molecule has 0 radical (unpaired) electrons. The Balaban J connectivity index is 1.64. The van der Waals surface area contributed by atoms with E-state index in [1.54, 1.807) is 0 Å². The Morgan fingerprint density at radius 1 is 0.441 bits per heavy atom. The molecular weight excluding hydrogens is 412 g/mol. The fraction of sp³-hybridized carbons (Fsp3) is 0.375. The average Bonchev–Trinajstić information content (AvgIpc) is 2.87. The second kappa shape index (κ2) is 10.5. The molecule has 0 N–H and O–H groups in total. The van der Waals surface area contributed by atoms with Crippen molar-refractivity contribution >= 4 is 44.3 Å². The Morgan fingerprint density at radius 3 is 1.06 bits per heavy atom. The molecule has 0 bridgehead atoms. The smallest absolute Gasteiger partial charge is 0.0659 e. The number of unbranched alkanes of at least 4 members (excludes halogenated alkanes) is 6. The largest absolute Gasteiger partial charge is 0.338 e. The van der Waals surface area contributed by atoms with Gasteiger partial charge in [0.25, 0.3) is 0 Å². The lowest BCUT2D eigenvalue weighted by Gasteiger charge is -2.41. The van der Waals surface area contributed by atoms with Crippen LogP contribution in [-0.2, 0) is 0 Å². The minimum absolute atomic E-state index is 1.07. The number of rotatable bonds is 10. The highest BCUT2D eigenvalue weighted by atomic mass is 15.3. The first-order chi connectivity index (χ1) is 16.8. The SMILES string of the molecule is CCCCCCN1c2cc3ccccc3cc2N(CCCCCC)c2cc3ccccc3cc21. The van der Waals surface area contributed by atoms with Gasteiger partial charge in [-0.05, 0) is 58.7 Å². The third kappa shape index (κ3) is 4.51. The van der Waals surface area contributed by atoms with Gasteiger partial charge < -0.3 is 9.80 Å². The highest BCUT2D eigenvalue weighted by Gasteiger charge is 2.29. The van der Waals surface area contributed by atoms with Crippen LogP contribution in [0.25, 0.3) is 21.5 Å². The van der Waals surface area contributed by atoms with Crippen molar-refractivity contribution in [1.29, 1.82) is 0 Å². The molecule has 1 aliphatic heterocycles. The standard InChI is InChI=1S/C32H38N2/c1-3-5-7-13-19-33-29-21-25-15-9-11-17-27(25)23-31(29)34(20-14-8-6-4-2)32-24-28-18-12-10-16-26(28)22-30(32)33/h9-12,15-18,21-24H,3-8,13-14,19-20H2,1-2H3. The van der Waals surface area contributed by atoms with E-state index in [-0.39, 0.29) is 0 Å². The van der Waals surface area contributed by atoms with Crippen LogP contribution < -0.4 is 9.80 Å². The van der Waals surface area contributed by atoms with Crippen LogP contribution in [-0.4, -0.2) is 13.1 Å². The van der Waals surface area contributed by atoms with Gasteiger partial charge in [0.05, 0.1) is 22.7 Å². The maximum atomic E-state index is 2.61. The number of anilines is 4. The lowest BCUT2D eigenvalue weighted by Crippen LogP contribution is -2.31. The van der Waals surface area contributed by atoms with Crippen molar-refractivity contribution in [2.75, 3.05) is 22.9 Å². The summed E-state index contributed by atoms with van der Waals surface area (Å²) in [4.78, 5) is 5.23. The van der Waals surface area contributed by atoms with Gasteiger partial charge in [-0.3, -0.25) is 0 Å². The molecule has 0 atom stereocenters.